The lowest BCUT2D eigenvalue weighted by molar-refractivity contribution is -0.121. The third kappa shape index (κ3) is 4.55. The van der Waals surface area contributed by atoms with Crippen LogP contribution in [0.3, 0.4) is 0 Å². The molecule has 0 saturated heterocycles. The van der Waals surface area contributed by atoms with Crippen molar-refractivity contribution in [3.63, 3.8) is 0 Å². The Morgan fingerprint density at radius 2 is 2.21 bits per heavy atom. The number of nitrogen functional groups attached to an aromatic ring is 1. The van der Waals surface area contributed by atoms with Crippen molar-refractivity contribution in [2.75, 3.05) is 18.8 Å². The molecule has 6 heteroatoms. The number of aromatic nitrogens is 1. The summed E-state index contributed by atoms with van der Waals surface area (Å²) in [4.78, 5) is 18.7. The third-order valence-electron chi connectivity index (χ3n) is 4.33. The maximum atomic E-state index is 12.1. The lowest BCUT2D eigenvalue weighted by atomic mass is 10.00. The molecular weight excluding hydrogens is 320 g/mol. The first-order valence-electron chi connectivity index (χ1n) is 8.38. The number of carbonyl (C=O) groups excluding carboxylic acids is 1. The number of fused-ring (bicyclic) bond motifs is 1. The highest BCUT2D eigenvalue weighted by molar-refractivity contribution is 7.13. The molecule has 1 aliphatic heterocycles. The van der Waals surface area contributed by atoms with Crippen LogP contribution in [-0.2, 0) is 24.2 Å². The van der Waals surface area contributed by atoms with Gasteiger partial charge in [-0.05, 0) is 30.9 Å². The molecule has 128 valence electrons. The van der Waals surface area contributed by atoms with Crippen LogP contribution in [0.5, 0.6) is 0 Å². The van der Waals surface area contributed by atoms with Crippen molar-refractivity contribution in [3.8, 4) is 0 Å². The second-order valence-corrected chi connectivity index (χ2v) is 7.29. The molecule has 3 N–H and O–H groups in total. The molecule has 24 heavy (non-hydrogen) atoms. The van der Waals surface area contributed by atoms with Gasteiger partial charge in [0, 0.05) is 37.5 Å². The van der Waals surface area contributed by atoms with E-state index in [9.17, 15) is 4.79 Å². The topological polar surface area (TPSA) is 71.2 Å². The molecule has 0 aliphatic carbocycles. The van der Waals surface area contributed by atoms with Crippen LogP contribution in [0.15, 0.2) is 29.6 Å². The lowest BCUT2D eigenvalue weighted by Gasteiger charge is -2.31. The Morgan fingerprint density at radius 1 is 1.42 bits per heavy atom. The van der Waals surface area contributed by atoms with Gasteiger partial charge >= 0.3 is 0 Å². The Morgan fingerprint density at radius 3 is 2.96 bits per heavy atom. The minimum atomic E-state index is 0.0754. The van der Waals surface area contributed by atoms with Gasteiger partial charge in [-0.15, -0.1) is 11.3 Å². The summed E-state index contributed by atoms with van der Waals surface area (Å²) in [6, 6.07) is 8.75. The zero-order valence-corrected chi connectivity index (χ0v) is 14.8. The number of aryl methyl sites for hydroxylation is 1. The molecule has 2 aromatic rings. The largest absolute Gasteiger partial charge is 0.375 e. The van der Waals surface area contributed by atoms with Crippen LogP contribution in [0.25, 0.3) is 0 Å². The first kappa shape index (κ1) is 16.9. The van der Waals surface area contributed by atoms with Crippen molar-refractivity contribution >= 4 is 22.4 Å². The van der Waals surface area contributed by atoms with Gasteiger partial charge in [0.2, 0.25) is 5.91 Å². The molecule has 1 aliphatic rings. The molecule has 0 saturated carbocycles. The van der Waals surface area contributed by atoms with E-state index in [0.29, 0.717) is 18.0 Å². The van der Waals surface area contributed by atoms with Crippen LogP contribution in [0, 0.1) is 0 Å². The predicted octanol–water partition coefficient (Wildman–Crippen LogP) is 2.22. The summed E-state index contributed by atoms with van der Waals surface area (Å²) in [6.45, 7) is 4.97. The summed E-state index contributed by atoms with van der Waals surface area (Å²) >= 11 is 1.42. The van der Waals surface area contributed by atoms with Crippen molar-refractivity contribution in [1.29, 1.82) is 0 Å². The van der Waals surface area contributed by atoms with Crippen LogP contribution >= 0.6 is 11.3 Å². The van der Waals surface area contributed by atoms with Gasteiger partial charge in [-0.2, -0.15) is 0 Å². The molecule has 0 fully saturated rings. The minimum Gasteiger partial charge on any atom is -0.375 e. The van der Waals surface area contributed by atoms with Gasteiger partial charge in [-0.25, -0.2) is 4.98 Å². The van der Waals surface area contributed by atoms with Gasteiger partial charge in [-0.1, -0.05) is 24.3 Å². The molecule has 1 aromatic heterocycles. The van der Waals surface area contributed by atoms with Gasteiger partial charge in [0.25, 0.3) is 0 Å². The number of amides is 1. The number of hydrogen-bond donors (Lipinski definition) is 2. The van der Waals surface area contributed by atoms with E-state index >= 15 is 0 Å². The minimum absolute atomic E-state index is 0.0754. The first-order chi connectivity index (χ1) is 11.6. The summed E-state index contributed by atoms with van der Waals surface area (Å²) in [6.07, 6.45) is 2.18. The average molecular weight is 344 g/mol. The maximum absolute atomic E-state index is 12.1. The van der Waals surface area contributed by atoms with E-state index in [-0.39, 0.29) is 11.9 Å². The monoisotopic (exact) mass is 344 g/mol. The number of rotatable bonds is 6. The van der Waals surface area contributed by atoms with Crippen LogP contribution in [0.1, 0.15) is 30.2 Å². The second-order valence-electron chi connectivity index (χ2n) is 6.40. The van der Waals surface area contributed by atoms with Crippen molar-refractivity contribution in [2.45, 2.75) is 38.8 Å². The average Bonchev–Trinajstić information content (AvgIpc) is 2.98. The maximum Gasteiger partial charge on any atom is 0.220 e. The molecule has 0 unspecified atom stereocenters. The second kappa shape index (κ2) is 7.77. The zero-order valence-electron chi connectivity index (χ0n) is 14.0. The Kier molecular flexibility index (Phi) is 5.48. The fourth-order valence-corrected chi connectivity index (χ4v) is 3.77. The van der Waals surface area contributed by atoms with E-state index in [0.717, 1.165) is 31.7 Å². The van der Waals surface area contributed by atoms with Gasteiger partial charge in [0.05, 0.1) is 5.69 Å². The lowest BCUT2D eigenvalue weighted by Crippen LogP contribution is -2.43. The van der Waals surface area contributed by atoms with E-state index in [1.54, 1.807) is 0 Å². The third-order valence-corrected chi connectivity index (χ3v) is 5.05. The van der Waals surface area contributed by atoms with E-state index in [1.165, 1.54) is 22.5 Å². The highest BCUT2D eigenvalue weighted by Crippen LogP contribution is 2.18. The summed E-state index contributed by atoms with van der Waals surface area (Å²) in [7, 11) is 0. The molecule has 0 bridgehead atoms. The predicted molar refractivity (Wildman–Crippen MR) is 97.9 cm³/mol. The van der Waals surface area contributed by atoms with Crippen LogP contribution in [0.2, 0.25) is 0 Å². The van der Waals surface area contributed by atoms with E-state index in [1.807, 2.05) is 5.38 Å². The SMILES string of the molecule is C[C@@H](CN1CCc2ccccc2C1)NC(=O)CCc1csc(N)n1. The fraction of sp³-hybridized carbons (Fsp3) is 0.444. The highest BCUT2D eigenvalue weighted by atomic mass is 32.1. The Labute approximate surface area is 146 Å². The van der Waals surface area contributed by atoms with Gasteiger partial charge in [-0.3, -0.25) is 9.69 Å². The number of thiazole rings is 1. The number of nitrogens with one attached hydrogen (secondary N) is 1. The molecule has 1 atom stereocenters. The highest BCUT2D eigenvalue weighted by Gasteiger charge is 2.18. The standard InChI is InChI=1S/C18H24N4OS/c1-13(20-17(23)7-6-16-12-24-18(19)21-16)10-22-9-8-14-4-2-3-5-15(14)11-22/h2-5,12-13H,6-11H2,1H3,(H2,19,21)(H,20,23)/t13-/m0/s1. The van der Waals surface area contributed by atoms with Crippen molar-refractivity contribution in [1.82, 2.24) is 15.2 Å². The molecular formula is C18H24N4OS. The van der Waals surface area contributed by atoms with E-state index in [4.69, 9.17) is 5.73 Å². The van der Waals surface area contributed by atoms with Crippen LogP contribution < -0.4 is 11.1 Å². The Balaban J connectivity index is 1.42. The van der Waals surface area contributed by atoms with E-state index < -0.39 is 0 Å². The normalized spacial score (nSPS) is 15.7. The van der Waals surface area contributed by atoms with Crippen LogP contribution in [0.4, 0.5) is 5.13 Å². The summed E-state index contributed by atoms with van der Waals surface area (Å²) < 4.78 is 0. The Hall–Kier alpha value is -1.92. The molecule has 0 radical (unpaired) electrons. The summed E-state index contributed by atoms with van der Waals surface area (Å²) in [5.41, 5.74) is 9.36. The molecule has 1 aromatic carbocycles. The molecule has 3 rings (SSSR count). The summed E-state index contributed by atoms with van der Waals surface area (Å²) in [5, 5.41) is 5.57. The number of nitrogens with two attached hydrogens (primary N) is 1. The molecule has 2 heterocycles. The van der Waals surface area contributed by atoms with Gasteiger partial charge < -0.3 is 11.1 Å². The molecule has 5 nitrogen and oxygen atoms in total. The zero-order chi connectivity index (χ0) is 16.9. The fourth-order valence-electron chi connectivity index (χ4n) is 3.17. The van der Waals surface area contributed by atoms with Crippen molar-refractivity contribution < 1.29 is 4.79 Å². The smallest absolute Gasteiger partial charge is 0.220 e. The quantitative estimate of drug-likeness (QED) is 0.843. The van der Waals surface area contributed by atoms with Crippen LogP contribution in [-0.4, -0.2) is 34.9 Å². The molecule has 0 spiro atoms. The van der Waals surface area contributed by atoms with E-state index in [2.05, 4.69) is 46.4 Å². The summed E-state index contributed by atoms with van der Waals surface area (Å²) in [5.74, 6) is 0.0754. The van der Waals surface area contributed by atoms with Crippen molar-refractivity contribution in [3.05, 3.63) is 46.5 Å². The molecule has 1 amide bonds. The number of benzene rings is 1. The Bertz CT molecular complexity index is 700. The number of hydrogen-bond acceptors (Lipinski definition) is 5. The van der Waals surface area contributed by atoms with Crippen molar-refractivity contribution in [2.24, 2.45) is 0 Å². The first-order valence-corrected chi connectivity index (χ1v) is 9.26. The number of anilines is 1. The number of nitrogens with zero attached hydrogens (tertiary/aromatic N) is 2. The number of carbonyl (C=O) groups is 1. The van der Waals surface area contributed by atoms with Gasteiger partial charge in [0.15, 0.2) is 5.13 Å². The van der Waals surface area contributed by atoms with Gasteiger partial charge in [0.1, 0.15) is 0 Å².